The summed E-state index contributed by atoms with van der Waals surface area (Å²) in [6, 6.07) is 3.77. The topological polar surface area (TPSA) is 128 Å². The summed E-state index contributed by atoms with van der Waals surface area (Å²) in [7, 11) is 0. The number of imidazole rings is 1. The van der Waals surface area contributed by atoms with Gasteiger partial charge in [0.25, 0.3) is 0 Å². The number of rotatable bonds is 4. The van der Waals surface area contributed by atoms with E-state index in [2.05, 4.69) is 35.8 Å². The van der Waals surface area contributed by atoms with E-state index in [-0.39, 0.29) is 12.0 Å². The molecule has 0 atom stereocenters. The average Bonchev–Trinajstić information content (AvgIpc) is 3.50. The molecule has 0 spiro atoms. The molecule has 12 nitrogen and oxygen atoms in total. The van der Waals surface area contributed by atoms with Gasteiger partial charge >= 0.3 is 6.09 Å². The highest BCUT2D eigenvalue weighted by atomic mass is 16.6. The van der Waals surface area contributed by atoms with Crippen molar-refractivity contribution in [3.8, 4) is 5.82 Å². The number of carbonyl (C=O) groups excluding carboxylic acids is 1. The Labute approximate surface area is 202 Å². The van der Waals surface area contributed by atoms with Crippen molar-refractivity contribution in [2.24, 2.45) is 0 Å². The van der Waals surface area contributed by atoms with Crippen LogP contribution in [0.15, 0.2) is 37.2 Å². The molecule has 0 radical (unpaired) electrons. The fourth-order valence-corrected chi connectivity index (χ4v) is 4.22. The summed E-state index contributed by atoms with van der Waals surface area (Å²) in [6.45, 7) is 8.87. The van der Waals surface area contributed by atoms with Crippen molar-refractivity contribution in [2.75, 3.05) is 18.4 Å². The van der Waals surface area contributed by atoms with E-state index >= 15 is 0 Å². The van der Waals surface area contributed by atoms with Gasteiger partial charge in [-0.25, -0.2) is 19.7 Å². The third kappa shape index (κ3) is 4.77. The number of fused-ring (bicyclic) bond motifs is 1. The summed E-state index contributed by atoms with van der Waals surface area (Å²) >= 11 is 0. The maximum Gasteiger partial charge on any atom is 0.410 e. The third-order valence-corrected chi connectivity index (χ3v) is 5.94. The third-order valence-electron chi connectivity index (χ3n) is 5.94. The molecule has 4 aromatic rings. The largest absolute Gasteiger partial charge is 0.444 e. The van der Waals surface area contributed by atoms with Crippen LogP contribution in [0.2, 0.25) is 0 Å². The van der Waals surface area contributed by atoms with Crippen LogP contribution in [-0.2, 0) is 4.74 Å². The second-order valence-electron chi connectivity index (χ2n) is 9.61. The number of ether oxygens (including phenoxy) is 1. The molecule has 12 heteroatoms. The minimum Gasteiger partial charge on any atom is -0.444 e. The summed E-state index contributed by atoms with van der Waals surface area (Å²) in [5.74, 6) is 0.912. The number of aryl methyl sites for hydroxylation is 1. The second-order valence-corrected chi connectivity index (χ2v) is 9.61. The molecule has 1 saturated heterocycles. The number of anilines is 2. The monoisotopic (exact) mass is 476 g/mol. The molecule has 0 bridgehead atoms. The molecule has 0 aromatic carbocycles. The number of nitrogens with one attached hydrogen (secondary N) is 1. The molecule has 5 heterocycles. The fraction of sp³-hybridized carbons (Fsp3) is 0.435. The lowest BCUT2D eigenvalue weighted by molar-refractivity contribution is 0.0204. The van der Waals surface area contributed by atoms with Crippen molar-refractivity contribution in [2.45, 2.75) is 52.1 Å². The van der Waals surface area contributed by atoms with Crippen molar-refractivity contribution >= 4 is 23.1 Å². The van der Waals surface area contributed by atoms with E-state index < -0.39 is 5.60 Å². The van der Waals surface area contributed by atoms with Gasteiger partial charge in [-0.15, -0.1) is 5.10 Å². The number of carbonyl (C=O) groups is 1. The Morgan fingerprint density at radius 3 is 2.60 bits per heavy atom. The molecule has 1 N–H and O–H groups in total. The van der Waals surface area contributed by atoms with Crippen LogP contribution < -0.4 is 5.32 Å². The van der Waals surface area contributed by atoms with E-state index in [0.717, 1.165) is 41.3 Å². The molecule has 1 aliphatic rings. The number of pyridine rings is 1. The first-order valence-corrected chi connectivity index (χ1v) is 11.6. The maximum absolute atomic E-state index is 12.4. The Morgan fingerprint density at radius 1 is 1.11 bits per heavy atom. The number of tetrazole rings is 1. The first kappa shape index (κ1) is 22.7. The van der Waals surface area contributed by atoms with Crippen molar-refractivity contribution in [3.05, 3.63) is 48.6 Å². The standard InChI is InChI=1S/C23H28N10O2/c1-15-17(5-6-20(27-15)33-14-26-29-30-33)28-18-11-24-13-32-19(12-25-21(18)32)16-7-9-31(10-8-16)22(34)35-23(2,3)4/h5-6,11-14,16,28H,7-10H2,1-4H3. The first-order chi connectivity index (χ1) is 16.8. The van der Waals surface area contributed by atoms with Crippen LogP contribution in [0.1, 0.15) is 50.9 Å². The minimum atomic E-state index is -0.494. The smallest absolute Gasteiger partial charge is 0.410 e. The highest BCUT2D eigenvalue weighted by Crippen LogP contribution is 2.31. The van der Waals surface area contributed by atoms with Gasteiger partial charge in [-0.3, -0.25) is 4.40 Å². The van der Waals surface area contributed by atoms with Crippen molar-refractivity contribution in [1.29, 1.82) is 0 Å². The predicted octanol–water partition coefficient (Wildman–Crippen LogP) is 3.27. The number of aromatic nitrogens is 8. The Kier molecular flexibility index (Phi) is 5.79. The van der Waals surface area contributed by atoms with Gasteiger partial charge in [-0.2, -0.15) is 4.68 Å². The second kappa shape index (κ2) is 8.93. The van der Waals surface area contributed by atoms with Crippen LogP contribution in [0.25, 0.3) is 11.5 Å². The summed E-state index contributed by atoms with van der Waals surface area (Å²) in [6.07, 6.45) is 8.38. The van der Waals surface area contributed by atoms with Crippen LogP contribution in [0.4, 0.5) is 16.2 Å². The van der Waals surface area contributed by atoms with Crippen LogP contribution in [-0.4, -0.2) is 69.2 Å². The number of piperidine rings is 1. The molecule has 4 aromatic heterocycles. The van der Waals surface area contributed by atoms with Gasteiger partial charge in [0.1, 0.15) is 23.9 Å². The number of amides is 1. The molecule has 1 amide bonds. The van der Waals surface area contributed by atoms with Gasteiger partial charge < -0.3 is 15.0 Å². The molecular formula is C23H28N10O2. The minimum absolute atomic E-state index is 0.252. The maximum atomic E-state index is 12.4. The Bertz CT molecular complexity index is 1330. The molecule has 0 unspecified atom stereocenters. The number of nitrogens with zero attached hydrogens (tertiary/aromatic N) is 9. The molecule has 182 valence electrons. The Hall–Kier alpha value is -4.09. The van der Waals surface area contributed by atoms with Gasteiger partial charge in [0.05, 0.1) is 17.6 Å². The molecule has 1 fully saturated rings. The van der Waals surface area contributed by atoms with Gasteiger partial charge in [0.2, 0.25) is 0 Å². The van der Waals surface area contributed by atoms with Gasteiger partial charge in [-0.1, -0.05) is 0 Å². The lowest BCUT2D eigenvalue weighted by Gasteiger charge is -2.33. The van der Waals surface area contributed by atoms with Gasteiger partial charge in [0, 0.05) is 30.9 Å². The zero-order valence-electron chi connectivity index (χ0n) is 20.2. The first-order valence-electron chi connectivity index (χ1n) is 11.6. The Balaban J connectivity index is 1.32. The molecule has 5 rings (SSSR count). The van der Waals surface area contributed by atoms with E-state index in [1.165, 1.54) is 11.0 Å². The van der Waals surface area contributed by atoms with Crippen LogP contribution in [0, 0.1) is 6.92 Å². The van der Waals surface area contributed by atoms with Crippen LogP contribution in [0.3, 0.4) is 0 Å². The number of hydrogen-bond acceptors (Lipinski definition) is 9. The normalized spacial score (nSPS) is 14.9. The lowest BCUT2D eigenvalue weighted by atomic mass is 9.94. The highest BCUT2D eigenvalue weighted by Gasteiger charge is 2.29. The summed E-state index contributed by atoms with van der Waals surface area (Å²) in [5.41, 5.74) is 3.79. The van der Waals surface area contributed by atoms with E-state index in [0.29, 0.717) is 18.9 Å². The summed E-state index contributed by atoms with van der Waals surface area (Å²) in [4.78, 5) is 27.9. The lowest BCUT2D eigenvalue weighted by Crippen LogP contribution is -2.41. The van der Waals surface area contributed by atoms with Crippen molar-refractivity contribution in [3.63, 3.8) is 0 Å². The molecule has 35 heavy (non-hydrogen) atoms. The van der Waals surface area contributed by atoms with E-state index in [1.54, 1.807) is 17.4 Å². The van der Waals surface area contributed by atoms with Crippen LogP contribution >= 0.6 is 0 Å². The quantitative estimate of drug-likeness (QED) is 0.472. The molecular weight excluding hydrogens is 448 g/mol. The molecule has 1 aliphatic heterocycles. The number of hydrogen-bond donors (Lipinski definition) is 1. The van der Waals surface area contributed by atoms with E-state index in [4.69, 9.17) is 4.74 Å². The summed E-state index contributed by atoms with van der Waals surface area (Å²) < 4.78 is 9.05. The fourth-order valence-electron chi connectivity index (χ4n) is 4.22. The van der Waals surface area contributed by atoms with E-state index in [9.17, 15) is 4.79 Å². The zero-order chi connectivity index (χ0) is 24.6. The van der Waals surface area contributed by atoms with Crippen molar-refractivity contribution in [1.82, 2.24) is 44.5 Å². The van der Waals surface area contributed by atoms with Gasteiger partial charge in [0.15, 0.2) is 11.5 Å². The Morgan fingerprint density at radius 2 is 1.91 bits per heavy atom. The van der Waals surface area contributed by atoms with Gasteiger partial charge in [-0.05, 0) is 63.1 Å². The van der Waals surface area contributed by atoms with E-state index in [1.807, 2.05) is 50.4 Å². The van der Waals surface area contributed by atoms with Crippen LogP contribution in [0.5, 0.6) is 0 Å². The van der Waals surface area contributed by atoms with Crippen molar-refractivity contribution < 1.29 is 9.53 Å². The zero-order valence-corrected chi connectivity index (χ0v) is 20.2. The summed E-state index contributed by atoms with van der Waals surface area (Å²) in [5, 5.41) is 14.6. The SMILES string of the molecule is Cc1nc(-n2cnnn2)ccc1Nc1cncn2c(C3CCN(C(=O)OC(C)(C)C)CC3)cnc12. The predicted molar refractivity (Wildman–Crippen MR) is 128 cm³/mol. The highest BCUT2D eigenvalue weighted by molar-refractivity contribution is 5.74. The average molecular weight is 477 g/mol. The number of likely N-dealkylation sites (tertiary alicyclic amines) is 1. The molecule has 0 saturated carbocycles. The molecule has 0 aliphatic carbocycles.